The molecule has 1 aromatic heterocycles. The number of aryl methyl sites for hydroxylation is 1. The number of carbonyl (C=O) groups excluding carboxylic acids is 1. The van der Waals surface area contributed by atoms with Crippen molar-refractivity contribution in [2.75, 3.05) is 12.4 Å². The Labute approximate surface area is 99.2 Å². The number of hydrogen-bond acceptors (Lipinski definition) is 3. The number of rotatable bonds is 3. The minimum Gasteiger partial charge on any atom is -0.495 e. The summed E-state index contributed by atoms with van der Waals surface area (Å²) in [5.74, 6) is 1.01. The SMILES string of the molecule is COc1ccccc1NC(=O)c1ccoc1C. The molecular weight excluding hydrogens is 218 g/mol. The van der Waals surface area contributed by atoms with Crippen molar-refractivity contribution in [2.24, 2.45) is 0 Å². The number of nitrogens with one attached hydrogen (secondary N) is 1. The molecule has 0 unspecified atom stereocenters. The van der Waals surface area contributed by atoms with Crippen molar-refractivity contribution in [3.63, 3.8) is 0 Å². The maximum atomic E-state index is 11.9. The van der Waals surface area contributed by atoms with Gasteiger partial charge in [0.25, 0.3) is 5.91 Å². The van der Waals surface area contributed by atoms with Gasteiger partial charge >= 0.3 is 0 Å². The van der Waals surface area contributed by atoms with Crippen LogP contribution in [-0.4, -0.2) is 13.0 Å². The lowest BCUT2D eigenvalue weighted by Gasteiger charge is -2.09. The predicted octanol–water partition coefficient (Wildman–Crippen LogP) is 2.85. The van der Waals surface area contributed by atoms with E-state index in [1.54, 1.807) is 32.2 Å². The Hall–Kier alpha value is -2.23. The molecular formula is C13H13NO3. The van der Waals surface area contributed by atoms with Gasteiger partial charge in [0.2, 0.25) is 0 Å². The largest absolute Gasteiger partial charge is 0.495 e. The molecule has 2 rings (SSSR count). The molecule has 17 heavy (non-hydrogen) atoms. The number of benzene rings is 1. The van der Waals surface area contributed by atoms with E-state index in [0.717, 1.165) is 0 Å². The molecule has 0 radical (unpaired) electrons. The average Bonchev–Trinajstić information content (AvgIpc) is 2.76. The zero-order valence-corrected chi connectivity index (χ0v) is 9.69. The molecule has 1 N–H and O–H groups in total. The van der Waals surface area contributed by atoms with Gasteiger partial charge in [-0.25, -0.2) is 0 Å². The minimum absolute atomic E-state index is 0.208. The fraction of sp³-hybridized carbons (Fsp3) is 0.154. The van der Waals surface area contributed by atoms with Gasteiger partial charge in [-0.2, -0.15) is 0 Å². The van der Waals surface area contributed by atoms with Crippen molar-refractivity contribution < 1.29 is 13.9 Å². The second kappa shape index (κ2) is 4.74. The highest BCUT2D eigenvalue weighted by molar-refractivity contribution is 6.05. The third-order valence-electron chi connectivity index (χ3n) is 2.46. The smallest absolute Gasteiger partial charge is 0.259 e. The third kappa shape index (κ3) is 2.30. The first-order valence-electron chi connectivity index (χ1n) is 5.21. The fourth-order valence-electron chi connectivity index (χ4n) is 1.56. The van der Waals surface area contributed by atoms with E-state index >= 15 is 0 Å². The van der Waals surface area contributed by atoms with Crippen LogP contribution in [0.3, 0.4) is 0 Å². The summed E-state index contributed by atoms with van der Waals surface area (Å²) in [6, 6.07) is 8.89. The van der Waals surface area contributed by atoms with E-state index in [4.69, 9.17) is 9.15 Å². The molecule has 1 aromatic carbocycles. The number of anilines is 1. The molecule has 0 bridgehead atoms. The Bertz CT molecular complexity index is 531. The van der Waals surface area contributed by atoms with Gasteiger partial charge in [-0.1, -0.05) is 12.1 Å². The number of carbonyl (C=O) groups is 1. The quantitative estimate of drug-likeness (QED) is 0.883. The van der Waals surface area contributed by atoms with Crippen molar-refractivity contribution >= 4 is 11.6 Å². The summed E-state index contributed by atoms with van der Waals surface area (Å²) < 4.78 is 10.2. The molecule has 2 aromatic rings. The predicted molar refractivity (Wildman–Crippen MR) is 64.4 cm³/mol. The molecule has 0 aliphatic heterocycles. The maximum Gasteiger partial charge on any atom is 0.259 e. The summed E-state index contributed by atoms with van der Waals surface area (Å²) >= 11 is 0. The number of amides is 1. The summed E-state index contributed by atoms with van der Waals surface area (Å²) in [6.45, 7) is 1.75. The lowest BCUT2D eigenvalue weighted by molar-refractivity contribution is 0.102. The number of para-hydroxylation sites is 2. The Balaban J connectivity index is 2.22. The molecule has 0 saturated carbocycles. The van der Waals surface area contributed by atoms with Crippen LogP contribution in [0.1, 0.15) is 16.1 Å². The van der Waals surface area contributed by atoms with Crippen molar-refractivity contribution in [3.8, 4) is 5.75 Å². The van der Waals surface area contributed by atoms with Crippen LogP contribution in [0, 0.1) is 6.92 Å². The monoisotopic (exact) mass is 231 g/mol. The molecule has 4 nitrogen and oxygen atoms in total. The molecule has 0 aliphatic rings. The van der Waals surface area contributed by atoms with Crippen LogP contribution in [0.15, 0.2) is 41.0 Å². The van der Waals surface area contributed by atoms with Crippen LogP contribution >= 0.6 is 0 Å². The van der Waals surface area contributed by atoms with Gasteiger partial charge in [0.05, 0.1) is 24.6 Å². The fourth-order valence-corrected chi connectivity index (χ4v) is 1.56. The first-order chi connectivity index (χ1) is 8.22. The van der Waals surface area contributed by atoms with Gasteiger partial charge in [-0.15, -0.1) is 0 Å². The molecule has 0 atom stereocenters. The van der Waals surface area contributed by atoms with E-state index in [9.17, 15) is 4.79 Å². The van der Waals surface area contributed by atoms with Gasteiger partial charge in [0.1, 0.15) is 11.5 Å². The van der Waals surface area contributed by atoms with Crippen LogP contribution in [0.5, 0.6) is 5.75 Å². The zero-order valence-electron chi connectivity index (χ0n) is 9.69. The highest BCUT2D eigenvalue weighted by atomic mass is 16.5. The zero-order chi connectivity index (χ0) is 12.3. The minimum atomic E-state index is -0.208. The van der Waals surface area contributed by atoms with Crippen LogP contribution < -0.4 is 10.1 Å². The molecule has 1 amide bonds. The molecule has 0 spiro atoms. The lowest BCUT2D eigenvalue weighted by Crippen LogP contribution is -2.12. The Kier molecular flexibility index (Phi) is 3.14. The van der Waals surface area contributed by atoms with E-state index in [2.05, 4.69) is 5.32 Å². The molecule has 4 heteroatoms. The maximum absolute atomic E-state index is 11.9. The van der Waals surface area contributed by atoms with E-state index < -0.39 is 0 Å². The molecule has 0 saturated heterocycles. The van der Waals surface area contributed by atoms with Crippen molar-refractivity contribution in [1.82, 2.24) is 0 Å². The Morgan fingerprint density at radius 1 is 1.29 bits per heavy atom. The Morgan fingerprint density at radius 3 is 2.71 bits per heavy atom. The van der Waals surface area contributed by atoms with Gasteiger partial charge in [-0.3, -0.25) is 4.79 Å². The van der Waals surface area contributed by atoms with Gasteiger partial charge < -0.3 is 14.5 Å². The van der Waals surface area contributed by atoms with E-state index in [-0.39, 0.29) is 5.91 Å². The van der Waals surface area contributed by atoms with Crippen LogP contribution in [0.4, 0.5) is 5.69 Å². The summed E-state index contributed by atoms with van der Waals surface area (Å²) in [4.78, 5) is 11.9. The highest BCUT2D eigenvalue weighted by Crippen LogP contribution is 2.24. The highest BCUT2D eigenvalue weighted by Gasteiger charge is 2.13. The number of ether oxygens (including phenoxy) is 1. The van der Waals surface area contributed by atoms with Gasteiger partial charge in [0.15, 0.2) is 0 Å². The van der Waals surface area contributed by atoms with E-state index in [0.29, 0.717) is 22.8 Å². The third-order valence-corrected chi connectivity index (χ3v) is 2.46. The lowest BCUT2D eigenvalue weighted by atomic mass is 10.2. The van der Waals surface area contributed by atoms with Crippen LogP contribution in [-0.2, 0) is 0 Å². The van der Waals surface area contributed by atoms with E-state index in [1.165, 1.54) is 6.26 Å². The second-order valence-corrected chi connectivity index (χ2v) is 3.54. The summed E-state index contributed by atoms with van der Waals surface area (Å²) in [5.41, 5.74) is 1.16. The molecule has 1 heterocycles. The number of furan rings is 1. The van der Waals surface area contributed by atoms with Gasteiger partial charge in [-0.05, 0) is 25.1 Å². The summed E-state index contributed by atoms with van der Waals surface area (Å²) in [5, 5.41) is 2.78. The van der Waals surface area contributed by atoms with E-state index in [1.807, 2.05) is 12.1 Å². The number of hydrogen-bond donors (Lipinski definition) is 1. The first-order valence-corrected chi connectivity index (χ1v) is 5.21. The van der Waals surface area contributed by atoms with Gasteiger partial charge in [0, 0.05) is 0 Å². The normalized spacial score (nSPS) is 10.0. The van der Waals surface area contributed by atoms with Crippen LogP contribution in [0.2, 0.25) is 0 Å². The second-order valence-electron chi connectivity index (χ2n) is 3.54. The van der Waals surface area contributed by atoms with Crippen LogP contribution in [0.25, 0.3) is 0 Å². The molecule has 88 valence electrons. The van der Waals surface area contributed by atoms with Crippen molar-refractivity contribution in [3.05, 3.63) is 47.9 Å². The first kappa shape index (κ1) is 11.3. The molecule has 0 aliphatic carbocycles. The number of methoxy groups -OCH3 is 1. The van der Waals surface area contributed by atoms with Crippen molar-refractivity contribution in [1.29, 1.82) is 0 Å². The molecule has 0 fully saturated rings. The summed E-state index contributed by atoms with van der Waals surface area (Å²) in [6.07, 6.45) is 1.49. The Morgan fingerprint density at radius 2 is 2.06 bits per heavy atom. The van der Waals surface area contributed by atoms with Crippen molar-refractivity contribution in [2.45, 2.75) is 6.92 Å². The topological polar surface area (TPSA) is 51.5 Å². The standard InChI is InChI=1S/C13H13NO3/c1-9-10(7-8-17-9)13(15)14-11-5-3-4-6-12(11)16-2/h3-8H,1-2H3,(H,14,15). The summed E-state index contributed by atoms with van der Waals surface area (Å²) in [7, 11) is 1.56. The average molecular weight is 231 g/mol.